The molecule has 0 saturated heterocycles. The van der Waals surface area contributed by atoms with Gasteiger partial charge in [-0.05, 0) is 50.3 Å². The summed E-state index contributed by atoms with van der Waals surface area (Å²) in [5.74, 6) is 0.186. The van der Waals surface area contributed by atoms with Crippen LogP contribution in [0.2, 0.25) is 0 Å². The minimum Gasteiger partial charge on any atom is -0.356 e. The van der Waals surface area contributed by atoms with Crippen molar-refractivity contribution in [1.82, 2.24) is 14.9 Å². The molecule has 5 nitrogen and oxygen atoms in total. The summed E-state index contributed by atoms with van der Waals surface area (Å²) in [5, 5.41) is 4.13. The standard InChI is InChI=1S/C20H21N3O2S2/c1-2-21-16(24)12-26-20-22-18-17(14-10-6-7-11-15(14)27-18)19(25)23(20)13-8-4-3-5-9-13/h3-5,8-9H,2,6-7,10-12H2,1H3,(H,21,24). The number of rotatable bonds is 5. The van der Waals surface area contributed by atoms with E-state index in [1.54, 1.807) is 15.9 Å². The number of nitrogens with one attached hydrogen (secondary N) is 1. The Balaban J connectivity index is 1.87. The van der Waals surface area contributed by atoms with E-state index < -0.39 is 0 Å². The van der Waals surface area contributed by atoms with Crippen LogP contribution in [0.1, 0.15) is 30.2 Å². The number of thioether (sulfide) groups is 1. The van der Waals surface area contributed by atoms with Gasteiger partial charge in [0.1, 0.15) is 4.83 Å². The van der Waals surface area contributed by atoms with Crippen LogP contribution in [0.4, 0.5) is 0 Å². The molecule has 7 heteroatoms. The number of carbonyl (C=O) groups is 1. The summed E-state index contributed by atoms with van der Waals surface area (Å²) in [7, 11) is 0. The monoisotopic (exact) mass is 399 g/mol. The quantitative estimate of drug-likeness (QED) is 0.526. The molecule has 0 unspecified atom stereocenters. The van der Waals surface area contributed by atoms with E-state index in [1.165, 1.54) is 28.6 Å². The SMILES string of the molecule is CCNC(=O)CSc1nc2sc3c(c2c(=O)n1-c1ccccc1)CCCC3. The van der Waals surface area contributed by atoms with Gasteiger partial charge in [0.15, 0.2) is 5.16 Å². The van der Waals surface area contributed by atoms with Crippen LogP contribution in [0.5, 0.6) is 0 Å². The van der Waals surface area contributed by atoms with E-state index in [4.69, 9.17) is 4.98 Å². The Morgan fingerprint density at radius 3 is 2.81 bits per heavy atom. The zero-order chi connectivity index (χ0) is 18.8. The van der Waals surface area contributed by atoms with Crippen LogP contribution in [-0.4, -0.2) is 27.8 Å². The van der Waals surface area contributed by atoms with Crippen molar-refractivity contribution in [2.45, 2.75) is 37.8 Å². The molecule has 2 aromatic heterocycles. The second kappa shape index (κ2) is 7.86. The molecule has 0 spiro atoms. The predicted molar refractivity (Wildman–Crippen MR) is 111 cm³/mol. The van der Waals surface area contributed by atoms with Gasteiger partial charge in [0.2, 0.25) is 5.91 Å². The van der Waals surface area contributed by atoms with Crippen LogP contribution in [-0.2, 0) is 17.6 Å². The molecule has 27 heavy (non-hydrogen) atoms. The van der Waals surface area contributed by atoms with Gasteiger partial charge < -0.3 is 5.32 Å². The lowest BCUT2D eigenvalue weighted by molar-refractivity contribution is -0.118. The Kier molecular flexibility index (Phi) is 5.31. The van der Waals surface area contributed by atoms with Crippen molar-refractivity contribution in [3.05, 3.63) is 51.1 Å². The number of hydrogen-bond acceptors (Lipinski definition) is 5. The Morgan fingerprint density at radius 2 is 2.04 bits per heavy atom. The molecular formula is C20H21N3O2S2. The molecule has 0 aliphatic heterocycles. The van der Waals surface area contributed by atoms with Gasteiger partial charge >= 0.3 is 0 Å². The lowest BCUT2D eigenvalue weighted by Crippen LogP contribution is -2.26. The summed E-state index contributed by atoms with van der Waals surface area (Å²) in [6.07, 6.45) is 4.28. The number of benzene rings is 1. The molecule has 2 heterocycles. The van der Waals surface area contributed by atoms with E-state index in [9.17, 15) is 9.59 Å². The molecule has 140 valence electrons. The number of nitrogens with zero attached hydrogens (tertiary/aromatic N) is 2. The van der Waals surface area contributed by atoms with E-state index in [1.807, 2.05) is 37.3 Å². The van der Waals surface area contributed by atoms with Crippen LogP contribution in [0.3, 0.4) is 0 Å². The van der Waals surface area contributed by atoms with Crippen molar-refractivity contribution in [1.29, 1.82) is 0 Å². The van der Waals surface area contributed by atoms with Gasteiger partial charge in [-0.3, -0.25) is 14.2 Å². The number of para-hydroxylation sites is 1. The first kappa shape index (κ1) is 18.3. The van der Waals surface area contributed by atoms with Crippen molar-refractivity contribution in [3.8, 4) is 5.69 Å². The van der Waals surface area contributed by atoms with E-state index >= 15 is 0 Å². The highest BCUT2D eigenvalue weighted by atomic mass is 32.2. The number of amides is 1. The Labute approximate surface area is 165 Å². The van der Waals surface area contributed by atoms with Crippen molar-refractivity contribution in [2.24, 2.45) is 0 Å². The van der Waals surface area contributed by atoms with E-state index in [0.29, 0.717) is 11.7 Å². The first-order valence-corrected chi connectivity index (χ1v) is 11.0. The van der Waals surface area contributed by atoms with Crippen LogP contribution < -0.4 is 10.9 Å². The molecule has 0 fully saturated rings. The van der Waals surface area contributed by atoms with E-state index in [-0.39, 0.29) is 17.2 Å². The summed E-state index contributed by atoms with van der Waals surface area (Å²) in [5.41, 5.74) is 1.94. The van der Waals surface area contributed by atoms with Gasteiger partial charge in [0, 0.05) is 11.4 Å². The Hall–Kier alpha value is -2.12. The number of carbonyl (C=O) groups excluding carboxylic acids is 1. The fraction of sp³-hybridized carbons (Fsp3) is 0.350. The number of hydrogen-bond donors (Lipinski definition) is 1. The largest absolute Gasteiger partial charge is 0.356 e. The van der Waals surface area contributed by atoms with Crippen LogP contribution in [0.15, 0.2) is 40.3 Å². The molecule has 1 aromatic carbocycles. The fourth-order valence-electron chi connectivity index (χ4n) is 3.47. The molecule has 0 bridgehead atoms. The number of thiophene rings is 1. The summed E-state index contributed by atoms with van der Waals surface area (Å²) in [6, 6.07) is 9.56. The molecule has 1 aliphatic rings. The molecule has 1 aliphatic carbocycles. The number of aromatic nitrogens is 2. The summed E-state index contributed by atoms with van der Waals surface area (Å²) < 4.78 is 1.66. The molecule has 1 N–H and O–H groups in total. The molecule has 1 amide bonds. The lowest BCUT2D eigenvalue weighted by atomic mass is 9.97. The van der Waals surface area contributed by atoms with Gasteiger partial charge in [-0.2, -0.15) is 0 Å². The van der Waals surface area contributed by atoms with Crippen molar-refractivity contribution in [2.75, 3.05) is 12.3 Å². The lowest BCUT2D eigenvalue weighted by Gasteiger charge is -2.13. The molecule has 3 aromatic rings. The molecule has 0 atom stereocenters. The highest BCUT2D eigenvalue weighted by Crippen LogP contribution is 2.35. The normalized spacial score (nSPS) is 13.5. The van der Waals surface area contributed by atoms with Gasteiger partial charge in [-0.1, -0.05) is 30.0 Å². The smallest absolute Gasteiger partial charge is 0.267 e. The maximum absolute atomic E-state index is 13.5. The predicted octanol–water partition coefficient (Wildman–Crippen LogP) is 3.55. The van der Waals surface area contributed by atoms with Gasteiger partial charge in [0.05, 0.1) is 16.8 Å². The van der Waals surface area contributed by atoms with Crippen LogP contribution in [0, 0.1) is 0 Å². The average molecular weight is 400 g/mol. The minimum absolute atomic E-state index is 0.0241. The summed E-state index contributed by atoms with van der Waals surface area (Å²) >= 11 is 2.95. The third-order valence-corrected chi connectivity index (χ3v) is 6.80. The highest BCUT2D eigenvalue weighted by Gasteiger charge is 2.23. The topological polar surface area (TPSA) is 64.0 Å². The molecular weight excluding hydrogens is 378 g/mol. The molecule has 0 radical (unpaired) electrons. The molecule has 4 rings (SSSR count). The maximum Gasteiger partial charge on any atom is 0.267 e. The van der Waals surface area contributed by atoms with Gasteiger partial charge in [0.25, 0.3) is 5.56 Å². The van der Waals surface area contributed by atoms with Gasteiger partial charge in [-0.15, -0.1) is 11.3 Å². The van der Waals surface area contributed by atoms with Crippen molar-refractivity contribution in [3.63, 3.8) is 0 Å². The number of aryl methyl sites for hydroxylation is 2. The van der Waals surface area contributed by atoms with Gasteiger partial charge in [-0.25, -0.2) is 4.98 Å². The van der Waals surface area contributed by atoms with Crippen molar-refractivity contribution < 1.29 is 4.79 Å². The van der Waals surface area contributed by atoms with Crippen LogP contribution >= 0.6 is 23.1 Å². The second-order valence-electron chi connectivity index (χ2n) is 6.50. The first-order valence-electron chi connectivity index (χ1n) is 9.21. The zero-order valence-electron chi connectivity index (χ0n) is 15.2. The summed E-state index contributed by atoms with van der Waals surface area (Å²) in [4.78, 5) is 32.3. The zero-order valence-corrected chi connectivity index (χ0v) is 16.8. The first-order chi connectivity index (χ1) is 13.2. The summed E-state index contributed by atoms with van der Waals surface area (Å²) in [6.45, 7) is 2.48. The third kappa shape index (κ3) is 3.53. The second-order valence-corrected chi connectivity index (χ2v) is 8.53. The third-order valence-electron chi connectivity index (χ3n) is 4.68. The van der Waals surface area contributed by atoms with E-state index in [2.05, 4.69) is 5.32 Å². The van der Waals surface area contributed by atoms with Crippen LogP contribution in [0.25, 0.3) is 15.9 Å². The number of fused-ring (bicyclic) bond motifs is 3. The fourth-order valence-corrected chi connectivity index (χ4v) is 5.61. The maximum atomic E-state index is 13.5. The van der Waals surface area contributed by atoms with E-state index in [0.717, 1.165) is 35.2 Å². The minimum atomic E-state index is -0.0538. The Morgan fingerprint density at radius 1 is 1.26 bits per heavy atom. The Bertz CT molecular complexity index is 1040. The highest BCUT2D eigenvalue weighted by molar-refractivity contribution is 7.99. The van der Waals surface area contributed by atoms with Crippen molar-refractivity contribution >= 4 is 39.2 Å². The average Bonchev–Trinajstić information content (AvgIpc) is 3.06. The molecule has 0 saturated carbocycles.